The van der Waals surface area contributed by atoms with Gasteiger partial charge in [-0.3, -0.25) is 4.98 Å². The summed E-state index contributed by atoms with van der Waals surface area (Å²) in [5.74, 6) is 1.73. The number of aromatic nitrogens is 2. The standard InChI is InChI=1S/C30H34N2O/c1-3-4-6-10-23(2)11-7-5-8-22-33-27-18-15-24(16-19-27)28-20-17-26-14-13-25-12-9-21-31-29(25)30(26)32-28/h3-4,9,12-21,23H,5-8,10-11,22H2,1-2H3/b4-3-. The minimum absolute atomic E-state index is 0.776. The molecule has 0 bridgehead atoms. The van der Waals surface area contributed by atoms with Crippen LogP contribution in [0, 0.1) is 5.92 Å². The highest BCUT2D eigenvalue weighted by Crippen LogP contribution is 2.27. The molecule has 1 atom stereocenters. The molecular weight excluding hydrogens is 404 g/mol. The maximum absolute atomic E-state index is 5.97. The van der Waals surface area contributed by atoms with Crippen LogP contribution in [-0.4, -0.2) is 16.6 Å². The zero-order valence-corrected chi connectivity index (χ0v) is 19.8. The molecule has 0 fully saturated rings. The van der Waals surface area contributed by atoms with Crippen LogP contribution in [0.3, 0.4) is 0 Å². The van der Waals surface area contributed by atoms with Crippen molar-refractivity contribution in [2.45, 2.75) is 52.4 Å². The summed E-state index contributed by atoms with van der Waals surface area (Å²) in [6.07, 6.45) is 13.7. The Hall–Kier alpha value is -3.20. The average molecular weight is 439 g/mol. The maximum Gasteiger partial charge on any atom is 0.119 e. The SMILES string of the molecule is C/C=C\CCC(C)CCCCCOc1ccc(-c2ccc3ccc4cccnc4c3n2)cc1. The van der Waals surface area contributed by atoms with E-state index in [4.69, 9.17) is 9.72 Å². The average Bonchev–Trinajstić information content (AvgIpc) is 2.86. The van der Waals surface area contributed by atoms with Crippen LogP contribution in [0.5, 0.6) is 5.75 Å². The Morgan fingerprint density at radius 1 is 0.848 bits per heavy atom. The van der Waals surface area contributed by atoms with Gasteiger partial charge in [0, 0.05) is 22.5 Å². The first-order valence-electron chi connectivity index (χ1n) is 12.2. The van der Waals surface area contributed by atoms with Crippen LogP contribution in [0.4, 0.5) is 0 Å². The highest BCUT2D eigenvalue weighted by Gasteiger charge is 2.07. The molecule has 170 valence electrons. The van der Waals surface area contributed by atoms with Gasteiger partial charge in [0.05, 0.1) is 23.3 Å². The van der Waals surface area contributed by atoms with Gasteiger partial charge in [0.1, 0.15) is 5.75 Å². The van der Waals surface area contributed by atoms with Crippen molar-refractivity contribution in [1.29, 1.82) is 0 Å². The van der Waals surface area contributed by atoms with E-state index < -0.39 is 0 Å². The van der Waals surface area contributed by atoms with Crippen molar-refractivity contribution in [1.82, 2.24) is 9.97 Å². The normalized spacial score (nSPS) is 12.5. The van der Waals surface area contributed by atoms with Gasteiger partial charge in [-0.1, -0.05) is 62.6 Å². The summed E-state index contributed by atoms with van der Waals surface area (Å²) in [7, 11) is 0. The molecule has 1 unspecified atom stereocenters. The van der Waals surface area contributed by atoms with E-state index in [9.17, 15) is 0 Å². The fourth-order valence-corrected chi connectivity index (χ4v) is 4.26. The van der Waals surface area contributed by atoms with Gasteiger partial charge < -0.3 is 4.74 Å². The largest absolute Gasteiger partial charge is 0.494 e. The van der Waals surface area contributed by atoms with Crippen LogP contribution >= 0.6 is 0 Å². The van der Waals surface area contributed by atoms with Crippen molar-refractivity contribution in [3.05, 3.63) is 79.0 Å². The molecule has 0 aliphatic carbocycles. The third kappa shape index (κ3) is 6.19. The summed E-state index contributed by atoms with van der Waals surface area (Å²) in [6.45, 7) is 5.24. The molecule has 0 aliphatic heterocycles. The number of hydrogen-bond acceptors (Lipinski definition) is 3. The summed E-state index contributed by atoms with van der Waals surface area (Å²) in [5, 5.41) is 2.22. The van der Waals surface area contributed by atoms with E-state index in [1.165, 1.54) is 32.1 Å². The number of benzene rings is 2. The Bertz CT molecular complexity index is 1200. The summed E-state index contributed by atoms with van der Waals surface area (Å²) in [4.78, 5) is 9.48. The molecule has 0 radical (unpaired) electrons. The van der Waals surface area contributed by atoms with Gasteiger partial charge in [-0.25, -0.2) is 4.98 Å². The molecule has 0 saturated carbocycles. The van der Waals surface area contributed by atoms with Crippen LogP contribution in [0.15, 0.2) is 79.0 Å². The number of nitrogens with zero attached hydrogens (tertiary/aromatic N) is 2. The molecular formula is C30H34N2O. The van der Waals surface area contributed by atoms with Crippen molar-refractivity contribution >= 4 is 21.8 Å². The molecule has 0 spiro atoms. The molecule has 0 aliphatic rings. The number of pyridine rings is 2. The first-order valence-corrected chi connectivity index (χ1v) is 12.2. The topological polar surface area (TPSA) is 35.0 Å². The Kier molecular flexibility index (Phi) is 8.08. The van der Waals surface area contributed by atoms with E-state index in [0.717, 1.165) is 57.8 Å². The van der Waals surface area contributed by atoms with Crippen molar-refractivity contribution in [3.63, 3.8) is 0 Å². The summed E-state index contributed by atoms with van der Waals surface area (Å²) in [5.41, 5.74) is 3.94. The lowest BCUT2D eigenvalue weighted by atomic mass is 9.98. The summed E-state index contributed by atoms with van der Waals surface area (Å²) < 4.78 is 5.97. The number of rotatable bonds is 11. The number of unbranched alkanes of at least 4 members (excludes halogenated alkanes) is 2. The third-order valence-electron chi connectivity index (χ3n) is 6.25. The fraction of sp³-hybridized carbons (Fsp3) is 0.333. The first-order chi connectivity index (χ1) is 16.2. The number of hydrogen-bond donors (Lipinski definition) is 0. The molecule has 4 aromatic rings. The van der Waals surface area contributed by atoms with Crippen molar-refractivity contribution in [2.24, 2.45) is 5.92 Å². The first kappa shape index (κ1) is 23.0. The molecule has 0 saturated heterocycles. The van der Waals surface area contributed by atoms with Crippen LogP contribution in [0.25, 0.3) is 33.1 Å². The lowest BCUT2D eigenvalue weighted by Gasteiger charge is -2.10. The van der Waals surface area contributed by atoms with Crippen molar-refractivity contribution in [2.75, 3.05) is 6.61 Å². The van der Waals surface area contributed by atoms with E-state index in [1.54, 1.807) is 0 Å². The minimum Gasteiger partial charge on any atom is -0.494 e. The highest BCUT2D eigenvalue weighted by molar-refractivity contribution is 6.03. The second kappa shape index (κ2) is 11.6. The third-order valence-corrected chi connectivity index (χ3v) is 6.25. The zero-order valence-electron chi connectivity index (χ0n) is 19.8. The second-order valence-corrected chi connectivity index (χ2v) is 8.88. The Morgan fingerprint density at radius 3 is 2.45 bits per heavy atom. The highest BCUT2D eigenvalue weighted by atomic mass is 16.5. The van der Waals surface area contributed by atoms with Gasteiger partial charge in [0.2, 0.25) is 0 Å². The second-order valence-electron chi connectivity index (χ2n) is 8.88. The molecule has 2 aromatic heterocycles. The molecule has 3 heteroatoms. The number of fused-ring (bicyclic) bond motifs is 3. The summed E-state index contributed by atoms with van der Waals surface area (Å²) >= 11 is 0. The van der Waals surface area contributed by atoms with Crippen molar-refractivity contribution < 1.29 is 4.74 Å². The summed E-state index contributed by atoms with van der Waals surface area (Å²) in [6, 6.07) is 20.7. The number of ether oxygens (including phenoxy) is 1. The van der Waals surface area contributed by atoms with Gasteiger partial charge in [-0.15, -0.1) is 0 Å². The molecule has 33 heavy (non-hydrogen) atoms. The van der Waals surface area contributed by atoms with Crippen LogP contribution in [0.1, 0.15) is 52.4 Å². The van der Waals surface area contributed by atoms with E-state index in [-0.39, 0.29) is 0 Å². The number of allylic oxidation sites excluding steroid dienone is 2. The quantitative estimate of drug-likeness (QED) is 0.134. The molecule has 4 rings (SSSR count). The Morgan fingerprint density at radius 2 is 1.64 bits per heavy atom. The minimum atomic E-state index is 0.776. The van der Waals surface area contributed by atoms with E-state index in [1.807, 2.05) is 24.4 Å². The zero-order chi connectivity index (χ0) is 22.9. The fourth-order valence-electron chi connectivity index (χ4n) is 4.26. The monoisotopic (exact) mass is 438 g/mol. The van der Waals surface area contributed by atoms with E-state index in [2.05, 4.69) is 73.4 Å². The predicted molar refractivity (Wildman–Crippen MR) is 140 cm³/mol. The Balaban J connectivity index is 1.29. The van der Waals surface area contributed by atoms with Crippen LogP contribution in [-0.2, 0) is 0 Å². The molecule has 2 heterocycles. The Labute approximate surface area is 197 Å². The lowest BCUT2D eigenvalue weighted by molar-refractivity contribution is 0.302. The van der Waals surface area contributed by atoms with Gasteiger partial charge in [-0.2, -0.15) is 0 Å². The van der Waals surface area contributed by atoms with E-state index >= 15 is 0 Å². The van der Waals surface area contributed by atoms with Crippen LogP contribution in [0.2, 0.25) is 0 Å². The van der Waals surface area contributed by atoms with Gasteiger partial charge >= 0.3 is 0 Å². The predicted octanol–water partition coefficient (Wildman–Crippen LogP) is 8.38. The molecule has 2 aromatic carbocycles. The van der Waals surface area contributed by atoms with Crippen molar-refractivity contribution in [3.8, 4) is 17.0 Å². The van der Waals surface area contributed by atoms with Gasteiger partial charge in [0.15, 0.2) is 0 Å². The van der Waals surface area contributed by atoms with Gasteiger partial charge in [0.25, 0.3) is 0 Å². The molecule has 3 nitrogen and oxygen atoms in total. The van der Waals surface area contributed by atoms with E-state index in [0.29, 0.717) is 0 Å². The smallest absolute Gasteiger partial charge is 0.119 e. The molecule has 0 N–H and O–H groups in total. The lowest BCUT2D eigenvalue weighted by Crippen LogP contribution is -1.99. The van der Waals surface area contributed by atoms with Gasteiger partial charge in [-0.05, 0) is 68.5 Å². The van der Waals surface area contributed by atoms with Crippen LogP contribution < -0.4 is 4.74 Å². The maximum atomic E-state index is 5.97. The molecule has 0 amide bonds.